The highest BCUT2D eigenvalue weighted by molar-refractivity contribution is 7.98. The number of thioether (sulfide) groups is 1. The summed E-state index contributed by atoms with van der Waals surface area (Å²) in [6.45, 7) is 0. The van der Waals surface area contributed by atoms with Gasteiger partial charge < -0.3 is 5.32 Å². The van der Waals surface area contributed by atoms with Crippen LogP contribution in [0, 0.1) is 11.6 Å². The number of carbonyl (C=O) groups excluding carboxylic acids is 1. The maximum Gasteiger partial charge on any atom is 0.230 e. The van der Waals surface area contributed by atoms with Crippen molar-refractivity contribution in [2.75, 3.05) is 11.6 Å². The van der Waals surface area contributed by atoms with E-state index in [0.29, 0.717) is 10.3 Å². The van der Waals surface area contributed by atoms with Crippen molar-refractivity contribution >= 4 is 34.3 Å². The van der Waals surface area contributed by atoms with E-state index < -0.39 is 17.5 Å². The quantitative estimate of drug-likeness (QED) is 0.882. The van der Waals surface area contributed by atoms with Crippen molar-refractivity contribution in [3.8, 4) is 0 Å². The second kappa shape index (κ2) is 6.07. The maximum absolute atomic E-state index is 13.4. The molecule has 0 radical (unpaired) electrons. The summed E-state index contributed by atoms with van der Waals surface area (Å²) in [7, 11) is 0. The molecule has 0 saturated heterocycles. The number of halogens is 2. The number of hydrogen-bond donors (Lipinski definition) is 1. The molecular weight excluding hydrogens is 292 g/mol. The molecule has 1 N–H and O–H groups in total. The Labute approximate surface area is 116 Å². The number of anilines is 1. The summed E-state index contributed by atoms with van der Waals surface area (Å²) in [5.74, 6) is -1.66. The van der Waals surface area contributed by atoms with Crippen LogP contribution in [0.1, 0.15) is 5.56 Å². The molecule has 0 atom stereocenters. The molecule has 0 aliphatic carbocycles. The van der Waals surface area contributed by atoms with E-state index in [2.05, 4.69) is 14.7 Å². The van der Waals surface area contributed by atoms with Crippen LogP contribution in [-0.2, 0) is 11.2 Å². The average Bonchev–Trinajstić information content (AvgIpc) is 2.81. The summed E-state index contributed by atoms with van der Waals surface area (Å²) in [6, 6.07) is 3.00. The fourth-order valence-corrected chi connectivity index (χ4v) is 2.50. The van der Waals surface area contributed by atoms with Gasteiger partial charge in [-0.1, -0.05) is 11.8 Å². The minimum Gasteiger partial charge on any atom is -0.300 e. The number of hydrogen-bond acceptors (Lipinski definition) is 5. The van der Waals surface area contributed by atoms with E-state index in [-0.39, 0.29) is 12.0 Å². The van der Waals surface area contributed by atoms with Crippen LogP contribution in [0.4, 0.5) is 13.9 Å². The van der Waals surface area contributed by atoms with Crippen molar-refractivity contribution in [2.45, 2.75) is 11.6 Å². The van der Waals surface area contributed by atoms with Gasteiger partial charge in [-0.2, -0.15) is 9.36 Å². The highest BCUT2D eigenvalue weighted by Gasteiger charge is 2.11. The molecule has 1 heterocycles. The normalized spacial score (nSPS) is 10.5. The fourth-order valence-electron chi connectivity index (χ4n) is 1.36. The molecule has 8 heteroatoms. The van der Waals surface area contributed by atoms with Crippen molar-refractivity contribution in [3.05, 3.63) is 35.4 Å². The monoisotopic (exact) mass is 301 g/mol. The summed E-state index contributed by atoms with van der Waals surface area (Å²) < 4.78 is 30.3. The highest BCUT2D eigenvalue weighted by Crippen LogP contribution is 2.18. The van der Waals surface area contributed by atoms with Gasteiger partial charge in [0.1, 0.15) is 11.6 Å². The molecule has 0 saturated carbocycles. The maximum atomic E-state index is 13.4. The lowest BCUT2D eigenvalue weighted by molar-refractivity contribution is -0.115. The largest absolute Gasteiger partial charge is 0.300 e. The van der Waals surface area contributed by atoms with Gasteiger partial charge in [-0.3, -0.25) is 4.79 Å². The number of carbonyl (C=O) groups is 1. The first-order valence-corrected chi connectivity index (χ1v) is 7.20. The minimum atomic E-state index is -0.612. The van der Waals surface area contributed by atoms with Crippen molar-refractivity contribution < 1.29 is 13.6 Å². The lowest BCUT2D eigenvalue weighted by Gasteiger charge is -2.03. The van der Waals surface area contributed by atoms with Crippen LogP contribution in [0.5, 0.6) is 0 Å². The minimum absolute atomic E-state index is 0.00658. The highest BCUT2D eigenvalue weighted by atomic mass is 32.2. The molecule has 1 amide bonds. The second-order valence-corrected chi connectivity index (χ2v) is 5.07. The molecule has 1 aromatic heterocycles. The molecule has 100 valence electrons. The molecule has 0 unspecified atom stereocenters. The number of nitrogens with zero attached hydrogens (tertiary/aromatic N) is 2. The second-order valence-electron chi connectivity index (χ2n) is 3.55. The van der Waals surface area contributed by atoms with Crippen molar-refractivity contribution in [1.29, 1.82) is 0 Å². The summed E-state index contributed by atoms with van der Waals surface area (Å²) in [4.78, 5) is 15.7. The van der Waals surface area contributed by atoms with Crippen molar-refractivity contribution in [2.24, 2.45) is 0 Å². The van der Waals surface area contributed by atoms with Crippen LogP contribution in [0.2, 0.25) is 0 Å². The Morgan fingerprint density at radius 3 is 2.95 bits per heavy atom. The Morgan fingerprint density at radius 2 is 2.26 bits per heavy atom. The predicted octanol–water partition coefficient (Wildman–Crippen LogP) is 2.72. The number of aromatic nitrogens is 2. The lowest BCUT2D eigenvalue weighted by Crippen LogP contribution is -2.15. The smallest absolute Gasteiger partial charge is 0.230 e. The zero-order valence-corrected chi connectivity index (χ0v) is 11.4. The van der Waals surface area contributed by atoms with E-state index in [0.717, 1.165) is 29.7 Å². The zero-order valence-electron chi connectivity index (χ0n) is 9.81. The molecule has 0 aliphatic heterocycles. The zero-order chi connectivity index (χ0) is 13.8. The van der Waals surface area contributed by atoms with Gasteiger partial charge >= 0.3 is 0 Å². The Kier molecular flexibility index (Phi) is 4.43. The average molecular weight is 301 g/mol. The van der Waals surface area contributed by atoms with Crippen molar-refractivity contribution in [3.63, 3.8) is 0 Å². The molecule has 1 aromatic carbocycles. The van der Waals surface area contributed by atoms with E-state index in [9.17, 15) is 13.6 Å². The summed E-state index contributed by atoms with van der Waals surface area (Å²) in [6.07, 6.45) is 1.56. The molecule has 0 spiro atoms. The molecule has 0 aliphatic rings. The van der Waals surface area contributed by atoms with E-state index in [1.54, 1.807) is 0 Å². The Bertz CT molecular complexity index is 603. The topological polar surface area (TPSA) is 54.9 Å². The van der Waals surface area contributed by atoms with Gasteiger partial charge in [0.25, 0.3) is 0 Å². The van der Waals surface area contributed by atoms with E-state index >= 15 is 0 Å². The van der Waals surface area contributed by atoms with Gasteiger partial charge in [0.15, 0.2) is 0 Å². The molecule has 4 nitrogen and oxygen atoms in total. The summed E-state index contributed by atoms with van der Waals surface area (Å²) >= 11 is 2.39. The first-order valence-electron chi connectivity index (χ1n) is 5.20. The number of nitrogens with one attached hydrogen (secondary N) is 1. The van der Waals surface area contributed by atoms with Crippen LogP contribution in [-0.4, -0.2) is 21.5 Å². The van der Waals surface area contributed by atoms with Crippen LogP contribution in [0.3, 0.4) is 0 Å². The van der Waals surface area contributed by atoms with E-state index in [4.69, 9.17) is 0 Å². The van der Waals surface area contributed by atoms with Gasteiger partial charge in [-0.05, 0) is 24.5 Å². The molecule has 2 aromatic rings. The lowest BCUT2D eigenvalue weighted by atomic mass is 10.1. The van der Waals surface area contributed by atoms with Gasteiger partial charge in [0.05, 0.1) is 6.42 Å². The predicted molar refractivity (Wildman–Crippen MR) is 70.4 cm³/mol. The molecule has 2 rings (SSSR count). The Morgan fingerprint density at radius 1 is 1.47 bits per heavy atom. The number of benzene rings is 1. The van der Waals surface area contributed by atoms with E-state index in [1.165, 1.54) is 11.8 Å². The Hall–Kier alpha value is -1.54. The van der Waals surface area contributed by atoms with Crippen LogP contribution < -0.4 is 5.32 Å². The van der Waals surface area contributed by atoms with Crippen molar-refractivity contribution in [1.82, 2.24) is 9.36 Å². The standard InChI is InChI=1S/C11H9F2N3OS2/c1-18-11-15-10(19-16-11)14-9(17)5-6-4-7(12)2-3-8(6)13/h2-4H,5H2,1H3,(H,14,15,16,17). The molecule has 0 bridgehead atoms. The Balaban J connectivity index is 2.03. The third-order valence-electron chi connectivity index (χ3n) is 2.20. The summed E-state index contributed by atoms with van der Waals surface area (Å²) in [5.41, 5.74) is 0.00658. The van der Waals surface area contributed by atoms with Crippen LogP contribution >= 0.6 is 23.3 Å². The fraction of sp³-hybridized carbons (Fsp3) is 0.182. The molecular formula is C11H9F2N3OS2. The number of rotatable bonds is 4. The van der Waals surface area contributed by atoms with Gasteiger partial charge in [-0.25, -0.2) is 8.78 Å². The van der Waals surface area contributed by atoms with E-state index in [1.807, 2.05) is 6.26 Å². The van der Waals surface area contributed by atoms with Crippen LogP contribution in [0.15, 0.2) is 23.4 Å². The first-order chi connectivity index (χ1) is 9.08. The van der Waals surface area contributed by atoms with Gasteiger partial charge in [0, 0.05) is 17.1 Å². The molecule has 0 fully saturated rings. The summed E-state index contributed by atoms with van der Waals surface area (Å²) in [5, 5.41) is 3.39. The number of amides is 1. The first kappa shape index (κ1) is 13.9. The van der Waals surface area contributed by atoms with Gasteiger partial charge in [-0.15, -0.1) is 0 Å². The molecule has 19 heavy (non-hydrogen) atoms. The third-order valence-corrected chi connectivity index (χ3v) is 3.49. The van der Waals surface area contributed by atoms with Crippen LogP contribution in [0.25, 0.3) is 0 Å². The van der Waals surface area contributed by atoms with Gasteiger partial charge in [0.2, 0.25) is 16.2 Å². The third kappa shape index (κ3) is 3.71. The SMILES string of the molecule is CSc1nsc(NC(=O)Cc2cc(F)ccc2F)n1.